The molecule has 24 heavy (non-hydrogen) atoms. The monoisotopic (exact) mass is 326 g/mol. The lowest BCUT2D eigenvalue weighted by Crippen LogP contribution is -2.37. The van der Waals surface area contributed by atoms with E-state index in [2.05, 4.69) is 6.07 Å². The molecule has 0 aliphatic carbocycles. The minimum absolute atomic E-state index is 0.130. The van der Waals surface area contributed by atoms with E-state index in [9.17, 15) is 9.18 Å². The van der Waals surface area contributed by atoms with E-state index < -0.39 is 5.82 Å². The average molecular weight is 326 g/mol. The van der Waals surface area contributed by atoms with Crippen molar-refractivity contribution in [2.75, 3.05) is 12.0 Å². The third-order valence-electron chi connectivity index (χ3n) is 3.61. The van der Waals surface area contributed by atoms with E-state index >= 15 is 0 Å². The van der Waals surface area contributed by atoms with Crippen LogP contribution in [-0.4, -0.2) is 19.1 Å². The molecule has 2 rings (SSSR count). The summed E-state index contributed by atoms with van der Waals surface area (Å²) in [5.74, 6) is -0.632. The molecule has 0 unspecified atom stereocenters. The van der Waals surface area contributed by atoms with E-state index in [4.69, 9.17) is 10.00 Å². The van der Waals surface area contributed by atoms with Crippen molar-refractivity contribution in [3.05, 3.63) is 59.4 Å². The number of benzene rings is 2. The second-order valence-corrected chi connectivity index (χ2v) is 5.62. The number of ether oxygens (including phenoxy) is 1. The Balaban J connectivity index is 2.40. The lowest BCUT2D eigenvalue weighted by molar-refractivity contribution is 0.0980. The van der Waals surface area contributed by atoms with E-state index in [-0.39, 0.29) is 24.1 Å². The Hall–Kier alpha value is -2.87. The fraction of sp³-hybridized carbons (Fsp3) is 0.263. The van der Waals surface area contributed by atoms with Gasteiger partial charge in [-0.15, -0.1) is 0 Å². The highest BCUT2D eigenvalue weighted by Crippen LogP contribution is 2.26. The van der Waals surface area contributed by atoms with E-state index in [0.717, 1.165) is 5.56 Å². The number of amides is 1. The molecule has 0 N–H and O–H groups in total. The van der Waals surface area contributed by atoms with Gasteiger partial charge in [0.25, 0.3) is 5.91 Å². The molecule has 124 valence electrons. The first kappa shape index (κ1) is 17.5. The summed E-state index contributed by atoms with van der Waals surface area (Å²) in [5, 5.41) is 8.81. The van der Waals surface area contributed by atoms with Gasteiger partial charge in [-0.3, -0.25) is 4.79 Å². The molecular formula is C19H19FN2O2. The molecule has 0 fully saturated rings. The SMILES string of the molecule is COc1ccc(N(C(=O)c2cccc(CC#N)c2)C(C)C)cc1F. The number of nitrogens with zero attached hydrogens (tertiary/aromatic N) is 2. The van der Waals surface area contributed by atoms with Gasteiger partial charge in [-0.25, -0.2) is 4.39 Å². The molecule has 0 bridgehead atoms. The van der Waals surface area contributed by atoms with E-state index in [1.807, 2.05) is 13.8 Å². The lowest BCUT2D eigenvalue weighted by Gasteiger charge is -2.27. The quantitative estimate of drug-likeness (QED) is 0.836. The van der Waals surface area contributed by atoms with Gasteiger partial charge < -0.3 is 9.64 Å². The molecular weight excluding hydrogens is 307 g/mol. The summed E-state index contributed by atoms with van der Waals surface area (Å²) in [6, 6.07) is 13.3. The maximum atomic E-state index is 14.0. The highest BCUT2D eigenvalue weighted by atomic mass is 19.1. The number of methoxy groups -OCH3 is 1. The van der Waals surface area contributed by atoms with Crippen LogP contribution in [0.5, 0.6) is 5.75 Å². The maximum Gasteiger partial charge on any atom is 0.258 e. The Kier molecular flexibility index (Phi) is 5.54. The summed E-state index contributed by atoms with van der Waals surface area (Å²) in [5.41, 5.74) is 1.69. The molecule has 0 saturated carbocycles. The molecule has 0 aliphatic rings. The van der Waals surface area contributed by atoms with Crippen molar-refractivity contribution in [3.8, 4) is 11.8 Å². The van der Waals surface area contributed by atoms with Gasteiger partial charge in [0.15, 0.2) is 11.6 Å². The van der Waals surface area contributed by atoms with Crippen molar-refractivity contribution < 1.29 is 13.9 Å². The van der Waals surface area contributed by atoms with Gasteiger partial charge in [-0.2, -0.15) is 5.26 Å². The molecule has 1 amide bonds. The van der Waals surface area contributed by atoms with Crippen LogP contribution in [-0.2, 0) is 6.42 Å². The van der Waals surface area contributed by atoms with Crippen molar-refractivity contribution in [1.29, 1.82) is 5.26 Å². The van der Waals surface area contributed by atoms with Gasteiger partial charge in [0.2, 0.25) is 0 Å². The van der Waals surface area contributed by atoms with E-state index in [1.165, 1.54) is 24.1 Å². The largest absolute Gasteiger partial charge is 0.494 e. The van der Waals surface area contributed by atoms with Crippen molar-refractivity contribution in [2.24, 2.45) is 0 Å². The Morgan fingerprint density at radius 1 is 1.29 bits per heavy atom. The van der Waals surface area contributed by atoms with Crippen LogP contribution in [0.4, 0.5) is 10.1 Å². The van der Waals surface area contributed by atoms with Crippen LogP contribution in [0.2, 0.25) is 0 Å². The first-order valence-electron chi connectivity index (χ1n) is 7.61. The van der Waals surface area contributed by atoms with E-state index in [0.29, 0.717) is 11.3 Å². The van der Waals surface area contributed by atoms with Gasteiger partial charge in [0.05, 0.1) is 19.6 Å². The number of halogens is 1. The second-order valence-electron chi connectivity index (χ2n) is 5.62. The van der Waals surface area contributed by atoms with Gasteiger partial charge >= 0.3 is 0 Å². The number of carbonyl (C=O) groups excluding carboxylic acids is 1. The van der Waals surface area contributed by atoms with Crippen molar-refractivity contribution in [2.45, 2.75) is 26.3 Å². The standard InChI is InChI=1S/C19H19FN2O2/c1-13(2)22(16-7-8-18(24-3)17(20)12-16)19(23)15-6-4-5-14(11-15)9-10-21/h4-8,11-13H,9H2,1-3H3. The summed E-state index contributed by atoms with van der Waals surface area (Å²) in [7, 11) is 1.39. The zero-order valence-electron chi connectivity index (χ0n) is 13.9. The summed E-state index contributed by atoms with van der Waals surface area (Å²) in [4.78, 5) is 14.4. The molecule has 0 heterocycles. The van der Waals surface area contributed by atoms with Crippen LogP contribution in [0.25, 0.3) is 0 Å². The minimum atomic E-state index is -0.522. The summed E-state index contributed by atoms with van der Waals surface area (Å²) in [6.45, 7) is 3.72. The van der Waals surface area contributed by atoms with Gasteiger partial charge in [-0.05, 0) is 43.7 Å². The summed E-state index contributed by atoms with van der Waals surface area (Å²) in [6.07, 6.45) is 0.236. The predicted molar refractivity (Wildman–Crippen MR) is 90.7 cm³/mol. The number of nitriles is 1. The molecule has 2 aromatic carbocycles. The molecule has 0 aliphatic heterocycles. The lowest BCUT2D eigenvalue weighted by atomic mass is 10.1. The van der Waals surface area contributed by atoms with Crippen molar-refractivity contribution in [1.82, 2.24) is 0 Å². The number of anilines is 1. The number of hydrogen-bond acceptors (Lipinski definition) is 3. The number of carbonyl (C=O) groups is 1. The topological polar surface area (TPSA) is 53.3 Å². The van der Waals surface area contributed by atoms with Crippen LogP contribution in [0.1, 0.15) is 29.8 Å². The Morgan fingerprint density at radius 2 is 2.04 bits per heavy atom. The van der Waals surface area contributed by atoms with Crippen LogP contribution < -0.4 is 9.64 Å². The Bertz CT molecular complexity index is 781. The Morgan fingerprint density at radius 3 is 2.62 bits per heavy atom. The molecule has 0 aromatic heterocycles. The molecule has 4 nitrogen and oxygen atoms in total. The normalized spacial score (nSPS) is 10.3. The summed E-state index contributed by atoms with van der Waals surface area (Å²) < 4.78 is 18.9. The predicted octanol–water partition coefficient (Wildman–Crippen LogP) is 3.96. The number of hydrogen-bond donors (Lipinski definition) is 0. The van der Waals surface area contributed by atoms with Crippen LogP contribution >= 0.6 is 0 Å². The summed E-state index contributed by atoms with van der Waals surface area (Å²) >= 11 is 0. The number of rotatable bonds is 5. The maximum absolute atomic E-state index is 14.0. The van der Waals surface area contributed by atoms with E-state index in [1.54, 1.807) is 30.3 Å². The average Bonchev–Trinajstić information content (AvgIpc) is 2.55. The molecule has 5 heteroatoms. The molecule has 0 radical (unpaired) electrons. The van der Waals surface area contributed by atoms with Gasteiger partial charge in [0, 0.05) is 23.4 Å². The molecule has 0 saturated heterocycles. The van der Waals surface area contributed by atoms with Crippen LogP contribution in [0.15, 0.2) is 42.5 Å². The molecule has 0 atom stereocenters. The smallest absolute Gasteiger partial charge is 0.258 e. The zero-order chi connectivity index (χ0) is 17.7. The minimum Gasteiger partial charge on any atom is -0.494 e. The van der Waals surface area contributed by atoms with Gasteiger partial charge in [-0.1, -0.05) is 12.1 Å². The molecule has 2 aromatic rings. The third kappa shape index (κ3) is 3.72. The van der Waals surface area contributed by atoms with Crippen molar-refractivity contribution in [3.63, 3.8) is 0 Å². The first-order valence-corrected chi connectivity index (χ1v) is 7.61. The third-order valence-corrected chi connectivity index (χ3v) is 3.61. The second kappa shape index (κ2) is 7.60. The van der Waals surface area contributed by atoms with Gasteiger partial charge in [0.1, 0.15) is 0 Å². The van der Waals surface area contributed by atoms with Crippen LogP contribution in [0, 0.1) is 17.1 Å². The molecule has 0 spiro atoms. The zero-order valence-corrected chi connectivity index (χ0v) is 13.9. The first-order chi connectivity index (χ1) is 11.5. The van der Waals surface area contributed by atoms with Crippen LogP contribution in [0.3, 0.4) is 0 Å². The fourth-order valence-electron chi connectivity index (χ4n) is 2.50. The fourth-order valence-corrected chi connectivity index (χ4v) is 2.50. The highest BCUT2D eigenvalue weighted by molar-refractivity contribution is 6.06. The van der Waals surface area contributed by atoms with Crippen molar-refractivity contribution >= 4 is 11.6 Å². The highest BCUT2D eigenvalue weighted by Gasteiger charge is 2.22. The Labute approximate surface area is 141 Å².